The molecule has 0 fully saturated rings. The van der Waals surface area contributed by atoms with E-state index in [9.17, 15) is 0 Å². The Morgan fingerprint density at radius 1 is 0.464 bits per heavy atom. The van der Waals surface area contributed by atoms with Crippen molar-refractivity contribution in [1.82, 2.24) is 4.57 Å². The Morgan fingerprint density at radius 3 is 1.84 bits per heavy atom. The zero-order valence-corrected chi connectivity index (χ0v) is 32.1. The number of aromatic nitrogens is 1. The Morgan fingerprint density at radius 2 is 1.05 bits per heavy atom. The van der Waals surface area contributed by atoms with Crippen molar-refractivity contribution < 1.29 is 0 Å². The first kappa shape index (κ1) is 30.9. The standard InChI is InChI=1S/C52H32N2S2/c1-29-45(41-22-12-21-38-35-18-8-10-23-43(35)56-51(38)41)52(53-48-39-20-9-11-24-44(39)55-50(29)48)54-42-28-27-37-34-17-5-4-15-32(34)33-16-6-7-19-36(33)46(37)47(42)40-26-25-30-13-2-3-14-31(30)49(40)54/h2-29,45H,1H3. The Hall–Kier alpha value is -6.33. The molecule has 13 rings (SSSR count). The van der Waals surface area contributed by atoms with Gasteiger partial charge in [-0.2, -0.15) is 0 Å². The minimum atomic E-state index is 0.00846. The van der Waals surface area contributed by atoms with Gasteiger partial charge < -0.3 is 0 Å². The van der Waals surface area contributed by atoms with Gasteiger partial charge in [0, 0.05) is 62.6 Å². The third kappa shape index (κ3) is 4.02. The van der Waals surface area contributed by atoms with E-state index in [4.69, 9.17) is 4.99 Å². The van der Waals surface area contributed by atoms with E-state index in [1.54, 1.807) is 0 Å². The lowest BCUT2D eigenvalue weighted by Crippen LogP contribution is -2.27. The zero-order valence-electron chi connectivity index (χ0n) is 30.5. The fraction of sp³-hybridized carbons (Fsp3) is 0.0577. The van der Waals surface area contributed by atoms with Crippen LogP contribution in [0.15, 0.2) is 169 Å². The summed E-state index contributed by atoms with van der Waals surface area (Å²) in [7, 11) is 0. The quantitative estimate of drug-likeness (QED) is 0.149. The molecule has 4 heterocycles. The molecule has 0 saturated carbocycles. The predicted octanol–water partition coefficient (Wildman–Crippen LogP) is 15.5. The van der Waals surface area contributed by atoms with Crippen LogP contribution in [0.2, 0.25) is 0 Å². The van der Waals surface area contributed by atoms with E-state index in [1.807, 2.05) is 22.7 Å². The summed E-state index contributed by atoms with van der Waals surface area (Å²) in [5.41, 5.74) is 4.91. The van der Waals surface area contributed by atoms with Crippen molar-refractivity contribution in [2.24, 2.45) is 4.99 Å². The fourth-order valence-electron chi connectivity index (χ4n) is 10.1. The van der Waals surface area contributed by atoms with Crippen LogP contribution in [0.3, 0.4) is 0 Å². The molecule has 0 radical (unpaired) electrons. The number of fused-ring (bicyclic) bond motifs is 18. The van der Waals surface area contributed by atoms with Gasteiger partial charge in [-0.05, 0) is 56.1 Å². The molecule has 2 atom stereocenters. The van der Waals surface area contributed by atoms with E-state index in [0.717, 1.165) is 11.5 Å². The molecule has 0 N–H and O–H groups in total. The lowest BCUT2D eigenvalue weighted by molar-refractivity contribution is 0.699. The van der Waals surface area contributed by atoms with Crippen LogP contribution in [0, 0.1) is 0 Å². The number of rotatable bonds is 1. The van der Waals surface area contributed by atoms with Crippen LogP contribution in [-0.4, -0.2) is 10.4 Å². The van der Waals surface area contributed by atoms with Crippen LogP contribution in [0.25, 0.3) is 95.2 Å². The van der Waals surface area contributed by atoms with Crippen molar-refractivity contribution in [3.8, 4) is 0 Å². The molecule has 0 amide bonds. The van der Waals surface area contributed by atoms with Gasteiger partial charge in [0.05, 0.1) is 22.6 Å². The predicted molar refractivity (Wildman–Crippen MR) is 244 cm³/mol. The van der Waals surface area contributed by atoms with Gasteiger partial charge in [-0.25, -0.2) is 4.99 Å². The monoisotopic (exact) mass is 748 g/mol. The van der Waals surface area contributed by atoms with Gasteiger partial charge in [0.1, 0.15) is 5.84 Å². The highest BCUT2D eigenvalue weighted by molar-refractivity contribution is 7.26. The highest BCUT2D eigenvalue weighted by Crippen LogP contribution is 2.54. The second-order valence-corrected chi connectivity index (χ2v) is 17.5. The maximum atomic E-state index is 5.94. The SMILES string of the molecule is CC1c2sc3ccccc3c2N=C(n2c3ccc4c5ccccc5c5ccccc5c4c3c3ccc4ccccc4c32)C1c1cccc2c1sc1ccccc12. The minimum absolute atomic E-state index is 0.00846. The Bertz CT molecular complexity index is 3650. The Labute approximate surface area is 330 Å². The van der Waals surface area contributed by atoms with Crippen LogP contribution >= 0.6 is 22.7 Å². The third-order valence-electron chi connectivity index (χ3n) is 12.5. The fourth-order valence-corrected chi connectivity index (χ4v) is 12.6. The molecule has 262 valence electrons. The number of aliphatic imine (C=N–C) groups is 1. The molecule has 0 saturated heterocycles. The topological polar surface area (TPSA) is 17.3 Å². The van der Waals surface area contributed by atoms with Gasteiger partial charge in [-0.15, -0.1) is 22.7 Å². The van der Waals surface area contributed by atoms with Gasteiger partial charge in [0.2, 0.25) is 0 Å². The Balaban J connectivity index is 1.24. The number of thiophene rings is 2. The summed E-state index contributed by atoms with van der Waals surface area (Å²) >= 11 is 3.84. The van der Waals surface area contributed by atoms with Crippen molar-refractivity contribution in [1.29, 1.82) is 0 Å². The number of nitrogens with zero attached hydrogens (tertiary/aromatic N) is 2. The van der Waals surface area contributed by atoms with Gasteiger partial charge in [0.15, 0.2) is 0 Å². The lowest BCUT2D eigenvalue weighted by Gasteiger charge is -2.31. The van der Waals surface area contributed by atoms with Crippen molar-refractivity contribution in [3.05, 3.63) is 174 Å². The van der Waals surface area contributed by atoms with Gasteiger partial charge in [-0.3, -0.25) is 4.57 Å². The molecule has 4 heteroatoms. The summed E-state index contributed by atoms with van der Waals surface area (Å²) in [6, 6.07) is 61.0. The second-order valence-electron chi connectivity index (χ2n) is 15.4. The van der Waals surface area contributed by atoms with Crippen molar-refractivity contribution >= 4 is 129 Å². The molecule has 1 aliphatic heterocycles. The van der Waals surface area contributed by atoms with Crippen LogP contribution in [0.4, 0.5) is 5.69 Å². The summed E-state index contributed by atoms with van der Waals surface area (Å²) in [5, 5.41) is 16.7. The van der Waals surface area contributed by atoms with Crippen LogP contribution in [-0.2, 0) is 0 Å². The molecule has 2 unspecified atom stereocenters. The molecule has 0 bridgehead atoms. The van der Waals surface area contributed by atoms with Gasteiger partial charge in [-0.1, -0.05) is 153 Å². The summed E-state index contributed by atoms with van der Waals surface area (Å²) < 4.78 is 6.56. The van der Waals surface area contributed by atoms with E-state index in [0.29, 0.717) is 0 Å². The van der Waals surface area contributed by atoms with Crippen LogP contribution < -0.4 is 0 Å². The maximum absolute atomic E-state index is 5.94. The van der Waals surface area contributed by atoms with E-state index >= 15 is 0 Å². The molecule has 0 aliphatic carbocycles. The number of hydrogen-bond donors (Lipinski definition) is 0. The van der Waals surface area contributed by atoms with E-state index < -0.39 is 0 Å². The first-order valence-corrected chi connectivity index (χ1v) is 21.0. The molecule has 56 heavy (non-hydrogen) atoms. The van der Waals surface area contributed by atoms with Gasteiger partial charge in [0.25, 0.3) is 0 Å². The summed E-state index contributed by atoms with van der Waals surface area (Å²) in [4.78, 5) is 7.31. The van der Waals surface area contributed by atoms with E-state index in [-0.39, 0.29) is 11.8 Å². The average Bonchev–Trinajstić information content (AvgIpc) is 3.94. The van der Waals surface area contributed by atoms with Crippen molar-refractivity contribution in [2.75, 3.05) is 0 Å². The Kier molecular flexibility index (Phi) is 6.28. The molecular formula is C52H32N2S2. The molecule has 1 aliphatic rings. The normalized spacial score (nSPS) is 16.1. The summed E-state index contributed by atoms with van der Waals surface area (Å²) in [5.74, 6) is 1.30. The molecular weight excluding hydrogens is 717 g/mol. The second kappa shape index (κ2) is 11.4. The largest absolute Gasteiger partial charge is 0.296 e. The highest BCUT2D eigenvalue weighted by Gasteiger charge is 2.38. The summed E-state index contributed by atoms with van der Waals surface area (Å²) in [6.45, 7) is 2.45. The third-order valence-corrected chi connectivity index (χ3v) is 15.1. The number of hydrogen-bond acceptors (Lipinski definition) is 3. The minimum Gasteiger partial charge on any atom is -0.296 e. The van der Waals surface area contributed by atoms with Crippen LogP contribution in [0.5, 0.6) is 0 Å². The maximum Gasteiger partial charge on any atom is 0.122 e. The molecule has 0 spiro atoms. The average molecular weight is 749 g/mol. The molecule has 9 aromatic carbocycles. The van der Waals surface area contributed by atoms with Crippen molar-refractivity contribution in [3.63, 3.8) is 0 Å². The highest BCUT2D eigenvalue weighted by atomic mass is 32.1. The molecule has 12 aromatic rings. The van der Waals surface area contributed by atoms with Crippen LogP contribution in [0.1, 0.15) is 29.2 Å². The zero-order chi connectivity index (χ0) is 36.6. The van der Waals surface area contributed by atoms with E-state index in [1.165, 1.54) is 106 Å². The summed E-state index contributed by atoms with van der Waals surface area (Å²) in [6.07, 6.45) is 0. The molecule has 2 nitrogen and oxygen atoms in total. The molecule has 3 aromatic heterocycles. The first-order chi connectivity index (χ1) is 27.7. The van der Waals surface area contributed by atoms with Crippen molar-refractivity contribution in [2.45, 2.75) is 18.8 Å². The first-order valence-electron chi connectivity index (χ1n) is 19.4. The lowest BCUT2D eigenvalue weighted by atomic mass is 9.82. The van der Waals surface area contributed by atoms with E-state index in [2.05, 4.69) is 175 Å². The number of benzene rings is 9. The smallest absolute Gasteiger partial charge is 0.122 e. The van der Waals surface area contributed by atoms with Gasteiger partial charge >= 0.3 is 0 Å².